The normalized spacial score (nSPS) is 11.3. The molecule has 24 aromatic rings. The Bertz CT molecular complexity index is 8310. The monoisotopic (exact) mass is 1630 g/mol. The molecule has 0 atom stereocenters. The maximum absolute atomic E-state index is 9.21. The van der Waals surface area contributed by atoms with E-state index in [1.165, 1.54) is 94.0 Å². The van der Waals surface area contributed by atoms with Gasteiger partial charge in [-0.3, -0.25) is 0 Å². The Morgan fingerprint density at radius 1 is 0.148 bits per heavy atom. The Morgan fingerprint density at radius 2 is 0.359 bits per heavy atom. The Kier molecular flexibility index (Phi) is 20.3. The van der Waals surface area contributed by atoms with E-state index in [1.54, 1.807) is 0 Å². The number of nitrogens with zero attached hydrogens (tertiary/aromatic N) is 6. The van der Waals surface area contributed by atoms with Crippen molar-refractivity contribution >= 4 is 97.7 Å². The first kappa shape index (κ1) is 76.9. The molecule has 5 aromatic heterocycles. The number of benzene rings is 19. The SMILES string of the molecule is N#Cc1ccc(-c2cc(-c3ccccc3)c3cc(-c4ccccc4)c4ccccc4c3n2)cc1.c1ccc(-c2cc(-c3ccc(-c4cc(-c5ccccc5)c5cc(-c6ccccc6)c6ccccc6c5n4)cc3)nc3ccccc23)cc1.c1ccc(-c2cc3c(-c4ccccc4)cc(-c4ccc(-c5c6ccccc6nc6ccccc56)cc4)nc3c3ccccc23)cc1. The van der Waals surface area contributed by atoms with Crippen LogP contribution in [0.25, 0.3) is 232 Å². The lowest BCUT2D eigenvalue weighted by molar-refractivity contribution is 1.38. The van der Waals surface area contributed by atoms with Gasteiger partial charge in [-0.2, -0.15) is 5.26 Å². The fourth-order valence-corrected chi connectivity index (χ4v) is 18.4. The molecule has 6 nitrogen and oxygen atoms in total. The van der Waals surface area contributed by atoms with E-state index in [1.807, 2.05) is 36.4 Å². The van der Waals surface area contributed by atoms with Crippen molar-refractivity contribution in [3.05, 3.63) is 479 Å². The number of aromatic nitrogens is 5. The van der Waals surface area contributed by atoms with Crippen molar-refractivity contribution in [2.45, 2.75) is 0 Å². The van der Waals surface area contributed by atoms with E-state index in [0.717, 1.165) is 138 Å². The van der Waals surface area contributed by atoms with Crippen molar-refractivity contribution in [2.75, 3.05) is 0 Å². The molecule has 0 aliphatic heterocycles. The highest BCUT2D eigenvalue weighted by molar-refractivity contribution is 6.20. The molecule has 24 rings (SSSR count). The first-order valence-electron chi connectivity index (χ1n) is 43.3. The molecule has 128 heavy (non-hydrogen) atoms. The van der Waals surface area contributed by atoms with Gasteiger partial charge in [0.25, 0.3) is 0 Å². The largest absolute Gasteiger partial charge is 0.248 e. The highest BCUT2D eigenvalue weighted by Gasteiger charge is 2.22. The summed E-state index contributed by atoms with van der Waals surface area (Å²) in [6.07, 6.45) is 0. The predicted octanol–water partition coefficient (Wildman–Crippen LogP) is 32.3. The zero-order valence-corrected chi connectivity index (χ0v) is 69.7. The van der Waals surface area contributed by atoms with Gasteiger partial charge in [-0.1, -0.05) is 400 Å². The third-order valence-corrected chi connectivity index (χ3v) is 24.6. The zero-order chi connectivity index (χ0) is 85.2. The van der Waals surface area contributed by atoms with Gasteiger partial charge in [0.15, 0.2) is 0 Å². The van der Waals surface area contributed by atoms with E-state index < -0.39 is 0 Å². The Hall–Kier alpha value is -17.2. The molecule has 5 heterocycles. The summed E-state index contributed by atoms with van der Waals surface area (Å²) in [5.41, 5.74) is 33.6. The number of hydrogen-bond donors (Lipinski definition) is 0. The first-order chi connectivity index (χ1) is 63.4. The second kappa shape index (κ2) is 33.9. The standard InChI is InChI=1S/C46H30N2.C44H28N2.C32H20N2/c1-4-14-31(15-5-1)39-28-42-41(33-18-8-3-9-19-33)30-45(48-46(42)38-22-11-10-20-36(38)39)35-26-24-34(25-27-35)44-29-40(32-16-6-2-7-17-32)37-21-12-13-23-43(37)47-44;1-3-13-29(14-4-1)37-27-39-38(30-15-5-2-6-16-30)28-42(46-44(39)34-18-8-7-17-33(34)37)31-23-25-32(26-24-31)43-35-19-9-11-21-40(35)45-41-22-12-10-20-36(41)43;33-21-22-15-17-25(18-16-22)31-20-29(24-11-5-2-6-12-24)30-19-28(23-9-3-1-4-10-23)26-13-7-8-14-27(26)32(30)34-31/h1-30H;1-28H;1-20H. The maximum Gasteiger partial charge on any atom is 0.0991 e. The molecule has 0 saturated heterocycles. The number of nitriles is 1. The van der Waals surface area contributed by atoms with E-state index in [0.29, 0.717) is 5.56 Å². The number of fused-ring (bicyclic) bond motifs is 12. The predicted molar refractivity (Wildman–Crippen MR) is 536 cm³/mol. The van der Waals surface area contributed by atoms with E-state index in [9.17, 15) is 5.26 Å². The molecule has 0 bridgehead atoms. The van der Waals surface area contributed by atoms with Gasteiger partial charge in [0, 0.05) is 76.3 Å². The fourth-order valence-electron chi connectivity index (χ4n) is 18.4. The van der Waals surface area contributed by atoms with Crippen LogP contribution in [-0.2, 0) is 0 Å². The molecule has 19 aromatic carbocycles. The van der Waals surface area contributed by atoms with E-state index in [-0.39, 0.29) is 0 Å². The van der Waals surface area contributed by atoms with Crippen molar-refractivity contribution in [3.63, 3.8) is 0 Å². The molecule has 0 unspecified atom stereocenters. The topological polar surface area (TPSA) is 88.2 Å². The molecule has 6 heteroatoms. The number of pyridine rings is 5. The van der Waals surface area contributed by atoms with Gasteiger partial charge in [0.05, 0.1) is 67.5 Å². The van der Waals surface area contributed by atoms with Crippen LogP contribution in [0.5, 0.6) is 0 Å². The van der Waals surface area contributed by atoms with Crippen LogP contribution in [-0.4, -0.2) is 24.9 Å². The van der Waals surface area contributed by atoms with Crippen molar-refractivity contribution < 1.29 is 0 Å². The molecule has 0 aliphatic rings. The summed E-state index contributed by atoms with van der Waals surface area (Å²) in [7, 11) is 0. The summed E-state index contributed by atoms with van der Waals surface area (Å²) in [6.45, 7) is 0. The molecule has 596 valence electrons. The minimum Gasteiger partial charge on any atom is -0.248 e. The van der Waals surface area contributed by atoms with Crippen molar-refractivity contribution in [2.24, 2.45) is 0 Å². The second-order valence-electron chi connectivity index (χ2n) is 32.3. The number of hydrogen-bond acceptors (Lipinski definition) is 6. The minimum atomic E-state index is 0.644. The maximum atomic E-state index is 9.21. The van der Waals surface area contributed by atoms with E-state index in [2.05, 4.69) is 443 Å². The average molecular weight is 1630 g/mol. The van der Waals surface area contributed by atoms with Crippen LogP contribution < -0.4 is 0 Å². The van der Waals surface area contributed by atoms with E-state index >= 15 is 0 Å². The van der Waals surface area contributed by atoms with Crippen molar-refractivity contribution in [3.8, 4) is 140 Å². The lowest BCUT2D eigenvalue weighted by Gasteiger charge is -2.16. The molecular formula is C122H78N6. The third-order valence-electron chi connectivity index (χ3n) is 24.6. The van der Waals surface area contributed by atoms with Crippen LogP contribution in [0.3, 0.4) is 0 Å². The number of para-hydroxylation sites is 3. The minimum absolute atomic E-state index is 0.644. The van der Waals surface area contributed by atoms with Gasteiger partial charge in [-0.05, 0) is 172 Å². The lowest BCUT2D eigenvalue weighted by atomic mass is 9.90. The van der Waals surface area contributed by atoms with Gasteiger partial charge in [0.2, 0.25) is 0 Å². The summed E-state index contributed by atoms with van der Waals surface area (Å²) in [5, 5.41) is 23.1. The molecular weight excluding hydrogens is 1550 g/mol. The van der Waals surface area contributed by atoms with Crippen LogP contribution in [0.4, 0.5) is 0 Å². The van der Waals surface area contributed by atoms with Gasteiger partial charge in [-0.15, -0.1) is 0 Å². The summed E-state index contributed by atoms with van der Waals surface area (Å²) >= 11 is 0. The first-order valence-corrected chi connectivity index (χ1v) is 43.3. The third kappa shape index (κ3) is 14.7. The summed E-state index contributed by atoms with van der Waals surface area (Å²) in [5.74, 6) is 0. The van der Waals surface area contributed by atoms with Crippen molar-refractivity contribution in [1.29, 1.82) is 5.26 Å². The van der Waals surface area contributed by atoms with Crippen LogP contribution >= 0.6 is 0 Å². The van der Waals surface area contributed by atoms with Crippen molar-refractivity contribution in [1.82, 2.24) is 24.9 Å². The molecule has 0 N–H and O–H groups in total. The summed E-state index contributed by atoms with van der Waals surface area (Å²) in [6, 6.07) is 168. The summed E-state index contributed by atoms with van der Waals surface area (Å²) < 4.78 is 0. The fraction of sp³-hybridized carbons (Fsp3) is 0. The van der Waals surface area contributed by atoms with Crippen LogP contribution in [0.15, 0.2) is 473 Å². The average Bonchev–Trinajstić information content (AvgIpc) is 0.764. The zero-order valence-electron chi connectivity index (χ0n) is 69.7. The van der Waals surface area contributed by atoms with Crippen LogP contribution in [0.2, 0.25) is 0 Å². The Labute approximate surface area is 741 Å². The van der Waals surface area contributed by atoms with Gasteiger partial charge in [-0.25, -0.2) is 24.9 Å². The molecule has 0 amide bonds. The highest BCUT2D eigenvalue weighted by atomic mass is 14.7. The molecule has 0 saturated carbocycles. The van der Waals surface area contributed by atoms with Gasteiger partial charge < -0.3 is 0 Å². The van der Waals surface area contributed by atoms with Gasteiger partial charge >= 0.3 is 0 Å². The second-order valence-corrected chi connectivity index (χ2v) is 32.3. The summed E-state index contributed by atoms with van der Waals surface area (Å²) in [4.78, 5) is 25.9. The van der Waals surface area contributed by atoms with Crippen LogP contribution in [0, 0.1) is 11.3 Å². The molecule has 0 radical (unpaired) electrons. The number of rotatable bonds is 12. The Balaban J connectivity index is 0.000000115. The van der Waals surface area contributed by atoms with E-state index in [4.69, 9.17) is 24.9 Å². The Morgan fingerprint density at radius 3 is 0.648 bits per heavy atom. The quantitative estimate of drug-likeness (QED) is 0.0894. The van der Waals surface area contributed by atoms with Crippen LogP contribution in [0.1, 0.15) is 5.56 Å². The molecule has 0 spiro atoms. The highest BCUT2D eigenvalue weighted by Crippen LogP contribution is 2.46. The lowest BCUT2D eigenvalue weighted by Crippen LogP contribution is -1.94. The molecule has 0 fully saturated rings. The molecule has 0 aliphatic carbocycles. The van der Waals surface area contributed by atoms with Gasteiger partial charge in [0.1, 0.15) is 0 Å². The smallest absolute Gasteiger partial charge is 0.0991 e.